The average Bonchev–Trinajstić information content (AvgIpc) is 3.17. The molecule has 35 heavy (non-hydrogen) atoms. The van der Waals surface area contributed by atoms with Gasteiger partial charge in [0.05, 0.1) is 16.6 Å². The van der Waals surface area contributed by atoms with E-state index in [0.29, 0.717) is 12.1 Å². The lowest BCUT2D eigenvalue weighted by atomic mass is 9.98. The topological polar surface area (TPSA) is 105 Å². The summed E-state index contributed by atoms with van der Waals surface area (Å²) in [6.07, 6.45) is -0.252. The number of anilines is 1. The second kappa shape index (κ2) is 10.6. The molecule has 0 bridgehead atoms. The minimum absolute atomic E-state index is 0.0159. The van der Waals surface area contributed by atoms with Crippen LogP contribution >= 0.6 is 11.6 Å². The first-order chi connectivity index (χ1) is 16.9. The second-order valence-electron chi connectivity index (χ2n) is 8.30. The quantitative estimate of drug-likeness (QED) is 0.383. The van der Waals surface area contributed by atoms with Gasteiger partial charge in [-0.1, -0.05) is 67.1 Å². The molecule has 180 valence electrons. The number of carbonyl (C=O) groups is 3. The number of halogens is 1. The van der Waals surface area contributed by atoms with Crippen LogP contribution in [0.1, 0.15) is 40.7 Å². The predicted molar refractivity (Wildman–Crippen MR) is 134 cm³/mol. The third-order valence-electron chi connectivity index (χ3n) is 6.16. The molecule has 7 nitrogen and oxygen atoms in total. The molecule has 0 saturated heterocycles. The lowest BCUT2D eigenvalue weighted by Crippen LogP contribution is -2.32. The van der Waals surface area contributed by atoms with E-state index >= 15 is 0 Å². The van der Waals surface area contributed by atoms with Crippen LogP contribution in [0.15, 0.2) is 66.7 Å². The molecule has 0 aromatic heterocycles. The van der Waals surface area contributed by atoms with E-state index in [2.05, 4.69) is 22.8 Å². The van der Waals surface area contributed by atoms with E-state index in [1.165, 1.54) is 18.2 Å². The van der Waals surface area contributed by atoms with Crippen molar-refractivity contribution in [3.63, 3.8) is 0 Å². The van der Waals surface area contributed by atoms with E-state index in [9.17, 15) is 14.4 Å². The molecule has 0 saturated carbocycles. The molecular weight excluding hydrogens is 468 g/mol. The van der Waals surface area contributed by atoms with Gasteiger partial charge in [-0.15, -0.1) is 0 Å². The first-order valence-electron chi connectivity index (χ1n) is 11.3. The number of carbonyl (C=O) groups excluding carboxylic acids is 2. The van der Waals surface area contributed by atoms with Crippen LogP contribution in [0.2, 0.25) is 5.02 Å². The molecule has 3 aromatic rings. The number of hydrogen-bond donors (Lipinski definition) is 3. The summed E-state index contributed by atoms with van der Waals surface area (Å²) in [7, 11) is 0. The summed E-state index contributed by atoms with van der Waals surface area (Å²) in [6.45, 7) is 1.92. The van der Waals surface area contributed by atoms with Crippen molar-refractivity contribution in [1.82, 2.24) is 5.32 Å². The van der Waals surface area contributed by atoms with Crippen molar-refractivity contribution in [3.05, 3.63) is 88.4 Å². The minimum Gasteiger partial charge on any atom is -0.481 e. The van der Waals surface area contributed by atoms with E-state index < -0.39 is 23.9 Å². The number of carboxylic acid groups (broad SMARTS) is 1. The number of rotatable bonds is 8. The maximum atomic E-state index is 12.5. The minimum atomic E-state index is -0.964. The average molecular weight is 493 g/mol. The highest BCUT2D eigenvalue weighted by atomic mass is 35.5. The highest BCUT2D eigenvalue weighted by molar-refractivity contribution is 6.34. The Labute approximate surface area is 208 Å². The van der Waals surface area contributed by atoms with Gasteiger partial charge < -0.3 is 15.2 Å². The fraction of sp³-hybridized carbons (Fsp3) is 0.222. The van der Waals surface area contributed by atoms with Gasteiger partial charge in [0.15, 0.2) is 0 Å². The zero-order valence-electron chi connectivity index (χ0n) is 19.1. The molecule has 0 radical (unpaired) electrons. The van der Waals surface area contributed by atoms with Crippen LogP contribution in [-0.4, -0.2) is 36.2 Å². The standard InChI is InChI=1S/C27H25ClN2O5/c1-2-16(26(32)33)14-29-25(31)17-11-12-24(23(28)13-17)30-27(34)35-15-22-20-9-5-3-7-18(20)19-8-4-6-10-21(19)22/h3-13,16,22H,2,14-15H2,1H3,(H,29,31)(H,30,34)(H,32,33). The fourth-order valence-electron chi connectivity index (χ4n) is 4.23. The first kappa shape index (κ1) is 24.3. The molecule has 3 N–H and O–H groups in total. The van der Waals surface area contributed by atoms with Crippen molar-refractivity contribution in [3.8, 4) is 11.1 Å². The summed E-state index contributed by atoms with van der Waals surface area (Å²) >= 11 is 6.27. The number of aliphatic carboxylic acids is 1. The van der Waals surface area contributed by atoms with E-state index in [4.69, 9.17) is 21.4 Å². The Hall–Kier alpha value is -3.84. The molecule has 1 aliphatic carbocycles. The monoisotopic (exact) mass is 492 g/mol. The van der Waals surface area contributed by atoms with E-state index in [1.54, 1.807) is 6.92 Å². The Bertz CT molecular complexity index is 1230. The summed E-state index contributed by atoms with van der Waals surface area (Å²) in [5.41, 5.74) is 5.07. The molecule has 1 atom stereocenters. The van der Waals surface area contributed by atoms with Crippen molar-refractivity contribution in [1.29, 1.82) is 0 Å². The molecule has 0 fully saturated rings. The first-order valence-corrected chi connectivity index (χ1v) is 11.7. The number of nitrogens with one attached hydrogen (secondary N) is 2. The SMILES string of the molecule is CCC(CNC(=O)c1ccc(NC(=O)OCC2c3ccccc3-c3ccccc32)c(Cl)c1)C(=O)O. The van der Waals surface area contributed by atoms with Gasteiger partial charge in [-0.2, -0.15) is 0 Å². The van der Waals surface area contributed by atoms with Gasteiger partial charge in [0.2, 0.25) is 0 Å². The molecule has 1 aliphatic rings. The van der Waals surface area contributed by atoms with Gasteiger partial charge in [0, 0.05) is 18.0 Å². The Morgan fingerprint density at radius 3 is 2.20 bits per heavy atom. The van der Waals surface area contributed by atoms with Crippen LogP contribution in [0, 0.1) is 5.92 Å². The van der Waals surface area contributed by atoms with Crippen LogP contribution in [0.4, 0.5) is 10.5 Å². The molecule has 0 aliphatic heterocycles. The molecule has 0 spiro atoms. The second-order valence-corrected chi connectivity index (χ2v) is 8.71. The summed E-state index contributed by atoms with van der Waals surface area (Å²) in [4.78, 5) is 36.0. The number of benzene rings is 3. The number of fused-ring (bicyclic) bond motifs is 3. The van der Waals surface area contributed by atoms with Crippen molar-refractivity contribution in [2.45, 2.75) is 19.3 Å². The number of carboxylic acids is 1. The van der Waals surface area contributed by atoms with Crippen molar-refractivity contribution < 1.29 is 24.2 Å². The summed E-state index contributed by atoms with van der Waals surface area (Å²) in [5, 5.41) is 14.5. The van der Waals surface area contributed by atoms with Crippen LogP contribution in [0.3, 0.4) is 0 Å². The van der Waals surface area contributed by atoms with Crippen LogP contribution in [0.25, 0.3) is 11.1 Å². The number of ether oxygens (including phenoxy) is 1. The summed E-state index contributed by atoms with van der Waals surface area (Å²) in [5.74, 6) is -2.14. The molecule has 3 aromatic carbocycles. The summed E-state index contributed by atoms with van der Waals surface area (Å²) in [6, 6.07) is 20.6. The van der Waals surface area contributed by atoms with Crippen molar-refractivity contribution in [2.75, 3.05) is 18.5 Å². The van der Waals surface area contributed by atoms with Gasteiger partial charge in [-0.3, -0.25) is 14.9 Å². The van der Waals surface area contributed by atoms with Crippen molar-refractivity contribution >= 4 is 35.3 Å². The maximum absolute atomic E-state index is 12.5. The van der Waals surface area contributed by atoms with E-state index in [0.717, 1.165) is 22.3 Å². The Kier molecular flexibility index (Phi) is 7.36. The van der Waals surface area contributed by atoms with Gasteiger partial charge >= 0.3 is 12.1 Å². The Morgan fingerprint density at radius 1 is 1.00 bits per heavy atom. The van der Waals surface area contributed by atoms with Gasteiger partial charge in [0.25, 0.3) is 5.91 Å². The van der Waals surface area contributed by atoms with Crippen LogP contribution in [-0.2, 0) is 9.53 Å². The normalized spacial score (nSPS) is 12.9. The number of amides is 2. The third kappa shape index (κ3) is 5.30. The molecule has 0 heterocycles. The third-order valence-corrected chi connectivity index (χ3v) is 6.48. The van der Waals surface area contributed by atoms with Gasteiger partial charge in [0.1, 0.15) is 6.61 Å². The van der Waals surface area contributed by atoms with E-state index in [-0.39, 0.29) is 29.7 Å². The zero-order valence-corrected chi connectivity index (χ0v) is 19.8. The fourth-order valence-corrected chi connectivity index (χ4v) is 4.45. The van der Waals surface area contributed by atoms with E-state index in [1.807, 2.05) is 36.4 Å². The van der Waals surface area contributed by atoms with Gasteiger partial charge in [-0.05, 0) is 46.9 Å². The Morgan fingerprint density at radius 2 is 1.63 bits per heavy atom. The molecule has 1 unspecified atom stereocenters. The van der Waals surface area contributed by atoms with Crippen molar-refractivity contribution in [2.24, 2.45) is 5.92 Å². The maximum Gasteiger partial charge on any atom is 0.411 e. The predicted octanol–water partition coefficient (Wildman–Crippen LogP) is 5.54. The molecular formula is C27H25ClN2O5. The van der Waals surface area contributed by atoms with Crippen LogP contribution in [0.5, 0.6) is 0 Å². The summed E-state index contributed by atoms with van der Waals surface area (Å²) < 4.78 is 5.53. The molecule has 8 heteroatoms. The smallest absolute Gasteiger partial charge is 0.411 e. The lowest BCUT2D eigenvalue weighted by Gasteiger charge is -2.15. The van der Waals surface area contributed by atoms with Gasteiger partial charge in [-0.25, -0.2) is 4.79 Å². The largest absolute Gasteiger partial charge is 0.481 e. The zero-order chi connectivity index (χ0) is 24.9. The highest BCUT2D eigenvalue weighted by Gasteiger charge is 2.29. The van der Waals surface area contributed by atoms with Crippen LogP contribution < -0.4 is 10.6 Å². The lowest BCUT2D eigenvalue weighted by molar-refractivity contribution is -0.141. The Balaban J connectivity index is 1.37. The number of hydrogen-bond acceptors (Lipinski definition) is 4. The molecule has 4 rings (SSSR count). The molecule has 2 amide bonds. The highest BCUT2D eigenvalue weighted by Crippen LogP contribution is 2.44.